The number of nitrogens with one attached hydrogen (secondary N) is 1. The first kappa shape index (κ1) is 25.5. The van der Waals surface area contributed by atoms with Gasteiger partial charge in [-0.1, -0.05) is 32.0 Å². The predicted octanol–water partition coefficient (Wildman–Crippen LogP) is 4.71. The normalized spacial score (nSPS) is 18.8. The van der Waals surface area contributed by atoms with Crippen LogP contribution in [0.3, 0.4) is 0 Å². The number of aliphatic carboxylic acids is 1. The van der Waals surface area contributed by atoms with Gasteiger partial charge in [0.2, 0.25) is 0 Å². The second kappa shape index (κ2) is 12.4. The van der Waals surface area contributed by atoms with Crippen LogP contribution in [0.1, 0.15) is 62.5 Å². The van der Waals surface area contributed by atoms with Gasteiger partial charge in [0.15, 0.2) is 0 Å². The van der Waals surface area contributed by atoms with Crippen molar-refractivity contribution in [2.24, 2.45) is 5.92 Å². The summed E-state index contributed by atoms with van der Waals surface area (Å²) < 4.78 is 12.1. The Morgan fingerprint density at radius 1 is 1.23 bits per heavy atom. The first-order valence-electron chi connectivity index (χ1n) is 13.0. The number of benzene rings is 1. The third-order valence-corrected chi connectivity index (χ3v) is 6.68. The van der Waals surface area contributed by atoms with E-state index in [2.05, 4.69) is 31.3 Å². The zero-order valence-electron chi connectivity index (χ0n) is 21.0. The highest BCUT2D eigenvalue weighted by Crippen LogP contribution is 2.33. The van der Waals surface area contributed by atoms with Gasteiger partial charge in [0.1, 0.15) is 11.8 Å². The summed E-state index contributed by atoms with van der Waals surface area (Å²) in [6.07, 6.45) is 6.08. The van der Waals surface area contributed by atoms with Crippen LogP contribution in [0.5, 0.6) is 5.75 Å². The molecular formula is C28H39N3O4. The lowest BCUT2D eigenvalue weighted by molar-refractivity contribution is -0.143. The van der Waals surface area contributed by atoms with Crippen LogP contribution in [0.2, 0.25) is 0 Å². The minimum absolute atomic E-state index is 0.0635. The molecule has 7 heteroatoms. The zero-order chi connectivity index (χ0) is 24.6. The van der Waals surface area contributed by atoms with Gasteiger partial charge in [-0.25, -0.2) is 0 Å². The minimum Gasteiger partial charge on any atom is -0.493 e. The van der Waals surface area contributed by atoms with E-state index < -0.39 is 12.0 Å². The highest BCUT2D eigenvalue weighted by molar-refractivity contribution is 5.76. The van der Waals surface area contributed by atoms with Crippen molar-refractivity contribution in [1.82, 2.24) is 9.88 Å². The van der Waals surface area contributed by atoms with Crippen LogP contribution in [0.4, 0.5) is 5.69 Å². The summed E-state index contributed by atoms with van der Waals surface area (Å²) in [7, 11) is 0. The SMILES string of the molecule is CC(C)COc1ccccc1C(C(=O)O)N1CC[C@@H](OCCCCc2ccc3c(n2)CCCN3)C1. The zero-order valence-corrected chi connectivity index (χ0v) is 21.0. The predicted molar refractivity (Wildman–Crippen MR) is 137 cm³/mol. The van der Waals surface area contributed by atoms with Crippen molar-refractivity contribution in [3.8, 4) is 5.75 Å². The van der Waals surface area contributed by atoms with Gasteiger partial charge in [0.05, 0.1) is 24.1 Å². The molecule has 7 nitrogen and oxygen atoms in total. The average molecular weight is 482 g/mol. The quantitative estimate of drug-likeness (QED) is 0.425. The third kappa shape index (κ3) is 6.95. The number of para-hydroxylation sites is 1. The molecule has 1 saturated heterocycles. The first-order valence-corrected chi connectivity index (χ1v) is 13.0. The van der Waals surface area contributed by atoms with Gasteiger partial charge in [-0.2, -0.15) is 0 Å². The van der Waals surface area contributed by atoms with Crippen molar-refractivity contribution < 1.29 is 19.4 Å². The summed E-state index contributed by atoms with van der Waals surface area (Å²) in [5, 5.41) is 13.5. The maximum absolute atomic E-state index is 12.3. The summed E-state index contributed by atoms with van der Waals surface area (Å²) in [5.74, 6) is 0.180. The van der Waals surface area contributed by atoms with Crippen LogP contribution in [0, 0.1) is 5.92 Å². The van der Waals surface area contributed by atoms with E-state index in [0.29, 0.717) is 43.5 Å². The number of rotatable bonds is 12. The largest absolute Gasteiger partial charge is 0.493 e. The Bertz CT molecular complexity index is 980. The van der Waals surface area contributed by atoms with E-state index in [1.54, 1.807) is 0 Å². The van der Waals surface area contributed by atoms with E-state index >= 15 is 0 Å². The van der Waals surface area contributed by atoms with Crippen LogP contribution in [0.15, 0.2) is 36.4 Å². The molecule has 2 N–H and O–H groups in total. The molecule has 0 spiro atoms. The average Bonchev–Trinajstić information content (AvgIpc) is 3.31. The molecule has 2 aliphatic rings. The molecule has 1 aromatic heterocycles. The number of carboxylic acid groups (broad SMARTS) is 1. The van der Waals surface area contributed by atoms with Crippen molar-refractivity contribution in [1.29, 1.82) is 0 Å². The van der Waals surface area contributed by atoms with E-state index in [9.17, 15) is 9.90 Å². The van der Waals surface area contributed by atoms with Crippen LogP contribution >= 0.6 is 0 Å². The highest BCUT2D eigenvalue weighted by Gasteiger charge is 2.35. The van der Waals surface area contributed by atoms with Gasteiger partial charge in [0.25, 0.3) is 0 Å². The second-order valence-electron chi connectivity index (χ2n) is 10.0. The Balaban J connectivity index is 1.24. The van der Waals surface area contributed by atoms with E-state index in [1.807, 2.05) is 29.2 Å². The van der Waals surface area contributed by atoms with Gasteiger partial charge in [-0.3, -0.25) is 14.7 Å². The van der Waals surface area contributed by atoms with Gasteiger partial charge in [-0.15, -0.1) is 0 Å². The van der Waals surface area contributed by atoms with E-state index in [0.717, 1.165) is 50.8 Å². The Kier molecular flexibility index (Phi) is 8.99. The number of fused-ring (bicyclic) bond motifs is 1. The number of aryl methyl sites for hydroxylation is 2. The maximum Gasteiger partial charge on any atom is 0.325 e. The van der Waals surface area contributed by atoms with Gasteiger partial charge in [0, 0.05) is 37.5 Å². The molecule has 0 amide bonds. The minimum atomic E-state index is -0.848. The summed E-state index contributed by atoms with van der Waals surface area (Å²) in [5.41, 5.74) is 4.25. The lowest BCUT2D eigenvalue weighted by Crippen LogP contribution is -2.34. The summed E-state index contributed by atoms with van der Waals surface area (Å²) in [6, 6.07) is 11.1. The number of carboxylic acids is 1. The fraction of sp³-hybridized carbons (Fsp3) is 0.571. The standard InChI is InChI=1S/C28H39N3O4/c1-20(2)19-35-26-11-4-3-9-23(26)27(28(32)33)31-16-14-22(18-31)34-17-6-5-8-21-12-13-24-25(30-21)10-7-15-29-24/h3-4,9,11-13,20,22,27,29H,5-8,10,14-19H2,1-2H3,(H,32,33)/t22-,27?/m1/s1. The first-order chi connectivity index (χ1) is 17.0. The molecule has 2 aromatic rings. The summed E-state index contributed by atoms with van der Waals surface area (Å²) in [4.78, 5) is 19.1. The molecule has 190 valence electrons. The van der Waals surface area contributed by atoms with Gasteiger partial charge < -0.3 is 19.9 Å². The number of likely N-dealkylation sites (tertiary alicyclic amines) is 1. The van der Waals surface area contributed by atoms with Gasteiger partial charge >= 0.3 is 5.97 Å². The molecule has 0 aliphatic carbocycles. The topological polar surface area (TPSA) is 83.9 Å². The molecule has 0 bridgehead atoms. The Labute approximate surface area is 208 Å². The number of hydrogen-bond acceptors (Lipinski definition) is 6. The third-order valence-electron chi connectivity index (χ3n) is 6.68. The number of aromatic nitrogens is 1. The molecular weight excluding hydrogens is 442 g/mol. The van der Waals surface area contributed by atoms with Gasteiger partial charge in [-0.05, 0) is 62.6 Å². The molecule has 1 fully saturated rings. The second-order valence-corrected chi connectivity index (χ2v) is 10.0. The molecule has 3 heterocycles. The number of hydrogen-bond donors (Lipinski definition) is 2. The number of anilines is 1. The van der Waals surface area contributed by atoms with Crippen LogP contribution in [-0.2, 0) is 22.4 Å². The fourth-order valence-electron chi connectivity index (χ4n) is 4.88. The monoisotopic (exact) mass is 481 g/mol. The number of unbranched alkanes of at least 4 members (excludes halogenated alkanes) is 1. The molecule has 2 aliphatic heterocycles. The molecule has 2 atom stereocenters. The number of pyridine rings is 1. The van der Waals surface area contributed by atoms with E-state index in [4.69, 9.17) is 14.5 Å². The summed E-state index contributed by atoms with van der Waals surface area (Å²) in [6.45, 7) is 7.78. The smallest absolute Gasteiger partial charge is 0.325 e. The van der Waals surface area contributed by atoms with Crippen molar-refractivity contribution in [2.45, 2.75) is 64.5 Å². The van der Waals surface area contributed by atoms with Crippen molar-refractivity contribution in [3.05, 3.63) is 53.3 Å². The Hall–Kier alpha value is -2.64. The molecule has 35 heavy (non-hydrogen) atoms. The lowest BCUT2D eigenvalue weighted by atomic mass is 10.0. The van der Waals surface area contributed by atoms with Crippen LogP contribution in [0.25, 0.3) is 0 Å². The maximum atomic E-state index is 12.3. The molecule has 1 aromatic carbocycles. The van der Waals surface area contributed by atoms with E-state index in [-0.39, 0.29) is 6.10 Å². The molecule has 1 unspecified atom stereocenters. The lowest BCUT2D eigenvalue weighted by Gasteiger charge is -2.26. The molecule has 0 saturated carbocycles. The molecule has 4 rings (SSSR count). The van der Waals surface area contributed by atoms with Crippen LogP contribution < -0.4 is 10.1 Å². The summed E-state index contributed by atoms with van der Waals surface area (Å²) >= 11 is 0. The highest BCUT2D eigenvalue weighted by atomic mass is 16.5. The van der Waals surface area contributed by atoms with Crippen molar-refractivity contribution in [2.75, 3.05) is 38.2 Å². The number of ether oxygens (including phenoxy) is 2. The van der Waals surface area contributed by atoms with Crippen molar-refractivity contribution >= 4 is 11.7 Å². The van der Waals surface area contributed by atoms with Crippen molar-refractivity contribution in [3.63, 3.8) is 0 Å². The number of nitrogens with zero attached hydrogens (tertiary/aromatic N) is 2. The van der Waals surface area contributed by atoms with Crippen LogP contribution in [-0.4, -0.2) is 59.9 Å². The Morgan fingerprint density at radius 2 is 2.09 bits per heavy atom. The molecule has 0 radical (unpaired) electrons. The Morgan fingerprint density at radius 3 is 2.91 bits per heavy atom. The fourth-order valence-corrected chi connectivity index (χ4v) is 4.88. The van der Waals surface area contributed by atoms with E-state index in [1.165, 1.54) is 11.4 Å². The number of carbonyl (C=O) groups is 1.